The normalized spacial score (nSPS) is 10.2. The molecule has 0 saturated carbocycles. The van der Waals surface area contributed by atoms with Crippen LogP contribution in [0.4, 0.5) is 14.6 Å². The maximum atomic E-state index is 12.9. The van der Waals surface area contributed by atoms with Crippen molar-refractivity contribution in [3.63, 3.8) is 0 Å². The fraction of sp³-hybridized carbons (Fsp3) is 0. The molecule has 1 aromatic carbocycles. The monoisotopic (exact) mass is 312 g/mol. The Morgan fingerprint density at radius 2 is 1.83 bits per heavy atom. The third kappa shape index (κ3) is 3.10. The van der Waals surface area contributed by atoms with Gasteiger partial charge < -0.3 is 5.32 Å². The maximum Gasteiger partial charge on any atom is 0.257 e. The van der Waals surface area contributed by atoms with Crippen LogP contribution in [0.2, 0.25) is 0 Å². The second-order valence-corrected chi connectivity index (χ2v) is 4.39. The first-order chi connectivity index (χ1) is 8.54. The minimum Gasteiger partial charge on any atom is -0.307 e. The average Bonchev–Trinajstić information content (AvgIpc) is 2.27. The first-order valence-corrected chi connectivity index (χ1v) is 5.73. The van der Waals surface area contributed by atoms with Gasteiger partial charge in [-0.15, -0.1) is 0 Å². The van der Waals surface area contributed by atoms with Gasteiger partial charge in [-0.1, -0.05) is 15.9 Å². The van der Waals surface area contributed by atoms with Gasteiger partial charge in [0.05, 0.1) is 0 Å². The Labute approximate surface area is 110 Å². The smallest absolute Gasteiger partial charge is 0.257 e. The highest BCUT2D eigenvalue weighted by Crippen LogP contribution is 2.14. The Morgan fingerprint density at radius 1 is 1.17 bits per heavy atom. The van der Waals surface area contributed by atoms with E-state index in [1.807, 2.05) is 0 Å². The maximum absolute atomic E-state index is 12.9. The summed E-state index contributed by atoms with van der Waals surface area (Å²) in [6, 6.07) is 5.88. The zero-order chi connectivity index (χ0) is 13.1. The highest BCUT2D eigenvalue weighted by Gasteiger charge is 2.10. The van der Waals surface area contributed by atoms with Gasteiger partial charge in [0.25, 0.3) is 5.91 Å². The molecule has 2 aromatic rings. The number of hydrogen-bond acceptors (Lipinski definition) is 2. The number of amides is 1. The predicted molar refractivity (Wildman–Crippen MR) is 66.2 cm³/mol. The summed E-state index contributed by atoms with van der Waals surface area (Å²) in [5, 5.41) is 2.44. The standard InChI is InChI=1S/C12H7BrF2N2O/c13-8-1-2-16-11(5-8)17-12(18)7-3-9(14)6-10(15)4-7/h1-6H,(H,16,17,18). The molecule has 0 aliphatic carbocycles. The first-order valence-electron chi connectivity index (χ1n) is 4.93. The Hall–Kier alpha value is -1.82. The van der Waals surface area contributed by atoms with E-state index in [2.05, 4.69) is 26.2 Å². The molecular formula is C12H7BrF2N2O. The number of hydrogen-bond donors (Lipinski definition) is 1. The lowest BCUT2D eigenvalue weighted by Gasteiger charge is -2.05. The summed E-state index contributed by atoms with van der Waals surface area (Å²) in [6.07, 6.45) is 1.49. The van der Waals surface area contributed by atoms with E-state index in [1.165, 1.54) is 6.20 Å². The molecule has 0 aliphatic rings. The molecule has 0 fully saturated rings. The lowest BCUT2D eigenvalue weighted by Crippen LogP contribution is -2.13. The fourth-order valence-electron chi connectivity index (χ4n) is 1.35. The molecule has 18 heavy (non-hydrogen) atoms. The molecule has 1 heterocycles. The molecule has 6 heteroatoms. The van der Waals surface area contributed by atoms with E-state index < -0.39 is 17.5 Å². The molecule has 0 radical (unpaired) electrons. The Morgan fingerprint density at radius 3 is 2.44 bits per heavy atom. The van der Waals surface area contributed by atoms with Crippen LogP contribution in [-0.2, 0) is 0 Å². The average molecular weight is 313 g/mol. The van der Waals surface area contributed by atoms with E-state index >= 15 is 0 Å². The van der Waals surface area contributed by atoms with Crippen LogP contribution in [0.1, 0.15) is 10.4 Å². The number of carbonyl (C=O) groups is 1. The fourth-order valence-corrected chi connectivity index (χ4v) is 1.68. The van der Waals surface area contributed by atoms with Gasteiger partial charge in [-0.25, -0.2) is 13.8 Å². The number of aromatic nitrogens is 1. The van der Waals surface area contributed by atoms with E-state index in [1.54, 1.807) is 12.1 Å². The van der Waals surface area contributed by atoms with Crippen molar-refractivity contribution in [3.8, 4) is 0 Å². The number of carbonyl (C=O) groups excluding carboxylic acids is 1. The van der Waals surface area contributed by atoms with Crippen LogP contribution in [0.15, 0.2) is 41.0 Å². The van der Waals surface area contributed by atoms with Crippen molar-refractivity contribution in [2.24, 2.45) is 0 Å². The number of benzene rings is 1. The Bertz CT molecular complexity index is 584. The van der Waals surface area contributed by atoms with Gasteiger partial charge in [-0.3, -0.25) is 4.79 Å². The third-order valence-electron chi connectivity index (χ3n) is 2.09. The van der Waals surface area contributed by atoms with Gasteiger partial charge in [-0.05, 0) is 24.3 Å². The highest BCUT2D eigenvalue weighted by molar-refractivity contribution is 9.10. The number of nitrogens with zero attached hydrogens (tertiary/aromatic N) is 1. The summed E-state index contributed by atoms with van der Waals surface area (Å²) in [5.41, 5.74) is -0.103. The molecule has 0 unspecified atom stereocenters. The minimum atomic E-state index is -0.803. The largest absolute Gasteiger partial charge is 0.307 e. The van der Waals surface area contributed by atoms with E-state index in [-0.39, 0.29) is 5.56 Å². The second kappa shape index (κ2) is 5.22. The molecule has 0 aliphatic heterocycles. The Kier molecular flexibility index (Phi) is 3.66. The first kappa shape index (κ1) is 12.6. The molecular weight excluding hydrogens is 306 g/mol. The quantitative estimate of drug-likeness (QED) is 0.923. The van der Waals surface area contributed by atoms with Gasteiger partial charge in [0, 0.05) is 22.3 Å². The van der Waals surface area contributed by atoms with Gasteiger partial charge >= 0.3 is 0 Å². The summed E-state index contributed by atoms with van der Waals surface area (Å²) < 4.78 is 26.6. The number of halogens is 3. The zero-order valence-corrected chi connectivity index (χ0v) is 10.5. The van der Waals surface area contributed by atoms with Crippen molar-refractivity contribution in [2.75, 3.05) is 5.32 Å². The number of anilines is 1. The summed E-state index contributed by atoms with van der Waals surface area (Å²) in [5.74, 6) is -1.94. The molecule has 1 N–H and O–H groups in total. The van der Waals surface area contributed by atoms with Crippen molar-refractivity contribution < 1.29 is 13.6 Å². The lowest BCUT2D eigenvalue weighted by atomic mass is 10.2. The number of pyridine rings is 1. The van der Waals surface area contributed by atoms with Crippen LogP contribution >= 0.6 is 15.9 Å². The van der Waals surface area contributed by atoms with Gasteiger partial charge in [0.1, 0.15) is 17.5 Å². The van der Waals surface area contributed by atoms with E-state index in [4.69, 9.17) is 0 Å². The summed E-state index contributed by atoms with van der Waals surface area (Å²) in [6.45, 7) is 0. The molecule has 92 valence electrons. The van der Waals surface area contributed by atoms with Crippen LogP contribution in [0.25, 0.3) is 0 Å². The number of rotatable bonds is 2. The SMILES string of the molecule is O=C(Nc1cc(Br)ccn1)c1cc(F)cc(F)c1. The van der Waals surface area contributed by atoms with Crippen LogP contribution in [-0.4, -0.2) is 10.9 Å². The lowest BCUT2D eigenvalue weighted by molar-refractivity contribution is 0.102. The third-order valence-corrected chi connectivity index (χ3v) is 2.58. The topological polar surface area (TPSA) is 42.0 Å². The summed E-state index contributed by atoms with van der Waals surface area (Å²) in [4.78, 5) is 15.6. The van der Waals surface area contributed by atoms with Crippen molar-refractivity contribution >= 4 is 27.7 Å². The predicted octanol–water partition coefficient (Wildman–Crippen LogP) is 3.37. The van der Waals surface area contributed by atoms with E-state index in [0.29, 0.717) is 11.9 Å². The Balaban J connectivity index is 2.22. The molecule has 0 bridgehead atoms. The van der Waals surface area contributed by atoms with E-state index in [0.717, 1.165) is 16.6 Å². The van der Waals surface area contributed by atoms with Crippen molar-refractivity contribution in [3.05, 3.63) is 58.2 Å². The van der Waals surface area contributed by atoms with Crippen molar-refractivity contribution in [1.29, 1.82) is 0 Å². The molecule has 1 amide bonds. The van der Waals surface area contributed by atoms with Gasteiger partial charge in [0.15, 0.2) is 0 Å². The highest BCUT2D eigenvalue weighted by atomic mass is 79.9. The van der Waals surface area contributed by atoms with Gasteiger partial charge in [0.2, 0.25) is 0 Å². The van der Waals surface area contributed by atoms with Crippen molar-refractivity contribution in [2.45, 2.75) is 0 Å². The van der Waals surface area contributed by atoms with E-state index in [9.17, 15) is 13.6 Å². The van der Waals surface area contributed by atoms with Gasteiger partial charge in [-0.2, -0.15) is 0 Å². The van der Waals surface area contributed by atoms with Crippen LogP contribution < -0.4 is 5.32 Å². The van der Waals surface area contributed by atoms with Crippen LogP contribution in [0.5, 0.6) is 0 Å². The summed E-state index contributed by atoms with van der Waals surface area (Å²) in [7, 11) is 0. The molecule has 0 saturated heterocycles. The molecule has 1 aromatic heterocycles. The summed E-state index contributed by atoms with van der Waals surface area (Å²) >= 11 is 3.22. The molecule has 2 rings (SSSR count). The van der Waals surface area contributed by atoms with Crippen molar-refractivity contribution in [1.82, 2.24) is 4.98 Å². The molecule has 3 nitrogen and oxygen atoms in total. The molecule has 0 atom stereocenters. The zero-order valence-electron chi connectivity index (χ0n) is 8.95. The minimum absolute atomic E-state index is 0.103. The number of nitrogens with one attached hydrogen (secondary N) is 1. The second-order valence-electron chi connectivity index (χ2n) is 3.47. The van der Waals surface area contributed by atoms with Crippen LogP contribution in [0.3, 0.4) is 0 Å². The van der Waals surface area contributed by atoms with Crippen LogP contribution in [0, 0.1) is 11.6 Å². The molecule has 0 spiro atoms.